The van der Waals surface area contributed by atoms with Crippen molar-refractivity contribution in [3.63, 3.8) is 0 Å². The molecule has 0 bridgehead atoms. The molecule has 21 heavy (non-hydrogen) atoms. The van der Waals surface area contributed by atoms with Crippen molar-refractivity contribution in [2.45, 2.75) is 32.9 Å². The van der Waals surface area contributed by atoms with Crippen molar-refractivity contribution in [3.8, 4) is 11.6 Å². The van der Waals surface area contributed by atoms with Crippen LogP contribution in [0.25, 0.3) is 0 Å². The van der Waals surface area contributed by atoms with E-state index in [9.17, 15) is 4.39 Å². The summed E-state index contributed by atoms with van der Waals surface area (Å²) >= 11 is 6.14. The molecule has 0 radical (unpaired) electrons. The monoisotopic (exact) mass is 308 g/mol. The smallest absolute Gasteiger partial charge is 0.219 e. The van der Waals surface area contributed by atoms with Crippen LogP contribution in [0.15, 0.2) is 36.4 Å². The van der Waals surface area contributed by atoms with Crippen molar-refractivity contribution in [1.29, 1.82) is 0 Å². The molecule has 0 unspecified atom stereocenters. The molecule has 1 heterocycles. The lowest BCUT2D eigenvalue weighted by atomic mass is 10.1. The third-order valence-corrected chi connectivity index (χ3v) is 3.04. The largest absolute Gasteiger partial charge is 0.439 e. The van der Waals surface area contributed by atoms with Gasteiger partial charge in [0.25, 0.3) is 0 Å². The Hall–Kier alpha value is -1.65. The Balaban J connectivity index is 2.14. The molecular weight excluding hydrogens is 291 g/mol. The average molecular weight is 309 g/mol. The highest BCUT2D eigenvalue weighted by Crippen LogP contribution is 2.23. The van der Waals surface area contributed by atoms with Crippen LogP contribution in [0.3, 0.4) is 0 Å². The maximum absolute atomic E-state index is 13.1. The molecule has 0 saturated carbocycles. The molecule has 3 nitrogen and oxygen atoms in total. The molecule has 0 aliphatic carbocycles. The number of benzene rings is 1. The van der Waals surface area contributed by atoms with E-state index in [1.807, 2.05) is 0 Å². The second-order valence-electron chi connectivity index (χ2n) is 5.74. The topological polar surface area (TPSA) is 34.2 Å². The summed E-state index contributed by atoms with van der Waals surface area (Å²) in [5.74, 6) is 0.436. The second-order valence-corrected chi connectivity index (χ2v) is 6.15. The molecule has 0 aliphatic heterocycles. The van der Waals surface area contributed by atoms with Gasteiger partial charge in [0.15, 0.2) is 0 Å². The Kier molecular flexibility index (Phi) is 4.80. The molecule has 1 aromatic carbocycles. The third kappa shape index (κ3) is 4.99. The molecule has 1 N–H and O–H groups in total. The summed E-state index contributed by atoms with van der Waals surface area (Å²) in [5.41, 5.74) is 0.658. The van der Waals surface area contributed by atoms with E-state index < -0.39 is 0 Å². The Morgan fingerprint density at radius 3 is 2.67 bits per heavy atom. The summed E-state index contributed by atoms with van der Waals surface area (Å²) in [6, 6.07) is 9.32. The minimum atomic E-state index is -0.351. The first-order chi connectivity index (χ1) is 9.83. The number of ether oxygens (including phenoxy) is 1. The van der Waals surface area contributed by atoms with Crippen LogP contribution in [0, 0.1) is 5.82 Å². The first-order valence-electron chi connectivity index (χ1n) is 6.67. The molecule has 0 amide bonds. The van der Waals surface area contributed by atoms with Gasteiger partial charge in [-0.2, -0.15) is 0 Å². The van der Waals surface area contributed by atoms with E-state index in [2.05, 4.69) is 31.1 Å². The summed E-state index contributed by atoms with van der Waals surface area (Å²) in [7, 11) is 0. The van der Waals surface area contributed by atoms with Gasteiger partial charge in [0.05, 0.1) is 10.7 Å². The molecule has 0 saturated heterocycles. The maximum atomic E-state index is 13.1. The van der Waals surface area contributed by atoms with Gasteiger partial charge in [-0.25, -0.2) is 9.37 Å². The molecule has 0 fully saturated rings. The molecule has 0 aliphatic rings. The molecule has 1 aromatic heterocycles. The van der Waals surface area contributed by atoms with Crippen LogP contribution < -0.4 is 10.1 Å². The summed E-state index contributed by atoms with van der Waals surface area (Å²) < 4.78 is 18.7. The molecule has 0 atom stereocenters. The zero-order chi connectivity index (χ0) is 15.5. The number of pyridine rings is 1. The van der Waals surface area contributed by atoms with E-state index in [0.29, 0.717) is 28.9 Å². The van der Waals surface area contributed by atoms with Crippen molar-refractivity contribution in [3.05, 3.63) is 52.9 Å². The van der Waals surface area contributed by atoms with Gasteiger partial charge >= 0.3 is 0 Å². The second kappa shape index (κ2) is 6.41. The molecule has 112 valence electrons. The standard InChI is InChI=1S/C16H18ClFN2O/c1-16(2,3)19-10-14-13(17)7-8-15(20-14)21-12-6-4-5-11(18)9-12/h4-9,19H,10H2,1-3H3. The van der Waals surface area contributed by atoms with Gasteiger partial charge in [0.2, 0.25) is 5.88 Å². The van der Waals surface area contributed by atoms with Gasteiger partial charge in [-0.05, 0) is 39.0 Å². The number of nitrogens with zero attached hydrogens (tertiary/aromatic N) is 1. The van der Waals surface area contributed by atoms with E-state index in [1.54, 1.807) is 24.3 Å². The maximum Gasteiger partial charge on any atom is 0.219 e. The van der Waals surface area contributed by atoms with Crippen molar-refractivity contribution in [2.75, 3.05) is 0 Å². The lowest BCUT2D eigenvalue weighted by Gasteiger charge is -2.20. The van der Waals surface area contributed by atoms with Crippen LogP contribution in [0.2, 0.25) is 5.02 Å². The van der Waals surface area contributed by atoms with Crippen LogP contribution in [0.4, 0.5) is 4.39 Å². The van der Waals surface area contributed by atoms with Crippen LogP contribution >= 0.6 is 11.6 Å². The lowest BCUT2D eigenvalue weighted by molar-refractivity contribution is 0.415. The SMILES string of the molecule is CC(C)(C)NCc1nc(Oc2cccc(F)c2)ccc1Cl. The summed E-state index contributed by atoms with van der Waals surface area (Å²) in [6.45, 7) is 6.72. The van der Waals surface area contributed by atoms with Gasteiger partial charge in [-0.3, -0.25) is 0 Å². The lowest BCUT2D eigenvalue weighted by Crippen LogP contribution is -2.35. The third-order valence-electron chi connectivity index (χ3n) is 2.70. The highest BCUT2D eigenvalue weighted by Gasteiger charge is 2.12. The summed E-state index contributed by atoms with van der Waals surface area (Å²) in [6.07, 6.45) is 0. The van der Waals surface area contributed by atoms with Crippen LogP contribution in [-0.2, 0) is 6.54 Å². The van der Waals surface area contributed by atoms with E-state index in [0.717, 1.165) is 0 Å². The highest BCUT2D eigenvalue weighted by atomic mass is 35.5. The van der Waals surface area contributed by atoms with Gasteiger partial charge in [0, 0.05) is 24.2 Å². The van der Waals surface area contributed by atoms with E-state index in [1.165, 1.54) is 12.1 Å². The average Bonchev–Trinajstić information content (AvgIpc) is 2.38. The predicted octanol–water partition coefficient (Wildman–Crippen LogP) is 4.55. The van der Waals surface area contributed by atoms with Crippen molar-refractivity contribution >= 4 is 11.6 Å². The Bertz CT molecular complexity index is 626. The number of hydrogen-bond acceptors (Lipinski definition) is 3. The number of aromatic nitrogens is 1. The fourth-order valence-electron chi connectivity index (χ4n) is 1.65. The number of hydrogen-bond donors (Lipinski definition) is 1. The van der Waals surface area contributed by atoms with Crippen LogP contribution in [0.1, 0.15) is 26.5 Å². The minimum Gasteiger partial charge on any atom is -0.439 e. The van der Waals surface area contributed by atoms with Crippen molar-refractivity contribution in [2.24, 2.45) is 0 Å². The Morgan fingerprint density at radius 1 is 1.24 bits per heavy atom. The molecule has 2 aromatic rings. The molecular formula is C16H18ClFN2O. The zero-order valence-electron chi connectivity index (χ0n) is 12.3. The zero-order valence-corrected chi connectivity index (χ0v) is 13.0. The fourth-order valence-corrected chi connectivity index (χ4v) is 1.82. The highest BCUT2D eigenvalue weighted by molar-refractivity contribution is 6.31. The normalized spacial score (nSPS) is 11.5. The Labute approximate surface area is 129 Å². The predicted molar refractivity (Wildman–Crippen MR) is 82.3 cm³/mol. The number of rotatable bonds is 4. The summed E-state index contributed by atoms with van der Waals surface area (Å²) in [4.78, 5) is 4.36. The van der Waals surface area contributed by atoms with Gasteiger partial charge < -0.3 is 10.1 Å². The van der Waals surface area contributed by atoms with Crippen LogP contribution in [-0.4, -0.2) is 10.5 Å². The van der Waals surface area contributed by atoms with E-state index in [4.69, 9.17) is 16.3 Å². The first kappa shape index (κ1) is 15.7. The van der Waals surface area contributed by atoms with Crippen molar-refractivity contribution in [1.82, 2.24) is 10.3 Å². The van der Waals surface area contributed by atoms with Gasteiger partial charge in [-0.1, -0.05) is 17.7 Å². The first-order valence-corrected chi connectivity index (χ1v) is 7.05. The van der Waals surface area contributed by atoms with E-state index >= 15 is 0 Å². The summed E-state index contributed by atoms with van der Waals surface area (Å²) in [5, 5.41) is 3.88. The quantitative estimate of drug-likeness (QED) is 0.899. The Morgan fingerprint density at radius 2 is 2.00 bits per heavy atom. The van der Waals surface area contributed by atoms with Crippen molar-refractivity contribution < 1.29 is 9.13 Å². The molecule has 2 rings (SSSR count). The fraction of sp³-hybridized carbons (Fsp3) is 0.312. The van der Waals surface area contributed by atoms with Crippen LogP contribution in [0.5, 0.6) is 11.6 Å². The molecule has 0 spiro atoms. The van der Waals surface area contributed by atoms with Gasteiger partial charge in [0.1, 0.15) is 11.6 Å². The molecule has 5 heteroatoms. The van der Waals surface area contributed by atoms with E-state index in [-0.39, 0.29) is 11.4 Å². The van der Waals surface area contributed by atoms with Gasteiger partial charge in [-0.15, -0.1) is 0 Å². The minimum absolute atomic E-state index is 0.0373. The number of halogens is 2. The number of nitrogens with one attached hydrogen (secondary N) is 1.